The van der Waals surface area contributed by atoms with Gasteiger partial charge in [-0.05, 0) is 30.5 Å². The Morgan fingerprint density at radius 3 is 2.19 bits per heavy atom. The molecule has 0 saturated carbocycles. The standard InChI is InChI=1S/C20H21N/c1-15-11-16(2)13-19(12-15)20-10-9-18(14-21(20)3)17-7-5-4-6-8-17/h4-14,20H,1-3H3. The van der Waals surface area contributed by atoms with Crippen molar-refractivity contribution in [2.45, 2.75) is 19.9 Å². The Kier molecular flexibility index (Phi) is 3.66. The van der Waals surface area contributed by atoms with Crippen molar-refractivity contribution in [2.75, 3.05) is 7.05 Å². The van der Waals surface area contributed by atoms with Crippen LogP contribution in [0.15, 0.2) is 66.9 Å². The molecule has 0 radical (unpaired) electrons. The third-order valence-electron chi connectivity index (χ3n) is 3.93. The maximum atomic E-state index is 2.29. The summed E-state index contributed by atoms with van der Waals surface area (Å²) in [4.78, 5) is 2.29. The largest absolute Gasteiger partial charge is 0.369 e. The summed E-state index contributed by atoms with van der Waals surface area (Å²) < 4.78 is 0. The summed E-state index contributed by atoms with van der Waals surface area (Å²) in [5, 5.41) is 0. The van der Waals surface area contributed by atoms with Crippen molar-refractivity contribution in [3.05, 3.63) is 89.1 Å². The third-order valence-corrected chi connectivity index (χ3v) is 3.93. The van der Waals surface area contributed by atoms with E-state index in [4.69, 9.17) is 0 Å². The Balaban J connectivity index is 1.90. The summed E-state index contributed by atoms with van der Waals surface area (Å²) >= 11 is 0. The molecule has 1 aliphatic rings. The van der Waals surface area contributed by atoms with Crippen LogP contribution in [-0.4, -0.2) is 11.9 Å². The van der Waals surface area contributed by atoms with Crippen molar-refractivity contribution < 1.29 is 0 Å². The lowest BCUT2D eigenvalue weighted by molar-refractivity contribution is 0.391. The second kappa shape index (κ2) is 5.61. The summed E-state index contributed by atoms with van der Waals surface area (Å²) in [6.45, 7) is 4.32. The molecule has 2 aromatic rings. The van der Waals surface area contributed by atoms with E-state index >= 15 is 0 Å². The Hall–Kier alpha value is -2.28. The predicted molar refractivity (Wildman–Crippen MR) is 90.0 cm³/mol. The first-order valence-corrected chi connectivity index (χ1v) is 7.39. The molecule has 1 heteroatoms. The van der Waals surface area contributed by atoms with Crippen molar-refractivity contribution in [3.8, 4) is 0 Å². The van der Waals surface area contributed by atoms with E-state index in [9.17, 15) is 0 Å². The van der Waals surface area contributed by atoms with Crippen molar-refractivity contribution in [1.29, 1.82) is 0 Å². The molecule has 0 bridgehead atoms. The molecule has 0 spiro atoms. The molecule has 1 heterocycles. The minimum atomic E-state index is 0.316. The van der Waals surface area contributed by atoms with Crippen LogP contribution in [0, 0.1) is 13.8 Å². The first-order chi connectivity index (χ1) is 10.1. The topological polar surface area (TPSA) is 3.24 Å². The molecule has 0 aliphatic carbocycles. The van der Waals surface area contributed by atoms with Crippen LogP contribution in [0.5, 0.6) is 0 Å². The second-order valence-electron chi connectivity index (χ2n) is 5.84. The molecule has 0 aromatic heterocycles. The van der Waals surface area contributed by atoms with E-state index in [-0.39, 0.29) is 0 Å². The van der Waals surface area contributed by atoms with Crippen molar-refractivity contribution >= 4 is 5.57 Å². The average molecular weight is 275 g/mol. The van der Waals surface area contributed by atoms with E-state index in [0.29, 0.717) is 6.04 Å². The van der Waals surface area contributed by atoms with Crippen LogP contribution in [-0.2, 0) is 0 Å². The smallest absolute Gasteiger partial charge is 0.0721 e. The van der Waals surface area contributed by atoms with Crippen LogP contribution in [0.2, 0.25) is 0 Å². The molecule has 0 fully saturated rings. The van der Waals surface area contributed by atoms with E-state index < -0.39 is 0 Å². The summed E-state index contributed by atoms with van der Waals surface area (Å²) in [5.74, 6) is 0. The van der Waals surface area contributed by atoms with Gasteiger partial charge in [0, 0.05) is 13.2 Å². The minimum absolute atomic E-state index is 0.316. The highest BCUT2D eigenvalue weighted by molar-refractivity contribution is 5.74. The van der Waals surface area contributed by atoms with Crippen LogP contribution in [0.3, 0.4) is 0 Å². The Bertz CT molecular complexity index is 675. The van der Waals surface area contributed by atoms with Gasteiger partial charge in [-0.3, -0.25) is 0 Å². The van der Waals surface area contributed by atoms with Gasteiger partial charge in [0.1, 0.15) is 0 Å². The molecule has 1 aliphatic heterocycles. The fourth-order valence-electron chi connectivity index (χ4n) is 3.00. The highest BCUT2D eigenvalue weighted by atomic mass is 15.1. The Morgan fingerprint density at radius 2 is 1.57 bits per heavy atom. The molecule has 1 unspecified atom stereocenters. The van der Waals surface area contributed by atoms with E-state index in [2.05, 4.69) is 92.7 Å². The van der Waals surface area contributed by atoms with Crippen LogP contribution in [0.25, 0.3) is 5.57 Å². The molecule has 0 saturated heterocycles. The minimum Gasteiger partial charge on any atom is -0.369 e. The van der Waals surface area contributed by atoms with Crippen LogP contribution < -0.4 is 0 Å². The number of hydrogen-bond acceptors (Lipinski definition) is 1. The van der Waals surface area contributed by atoms with Crippen molar-refractivity contribution in [2.24, 2.45) is 0 Å². The third kappa shape index (κ3) is 2.92. The first-order valence-electron chi connectivity index (χ1n) is 7.39. The molecule has 1 atom stereocenters. The molecular formula is C20H21N. The quantitative estimate of drug-likeness (QED) is 0.754. The van der Waals surface area contributed by atoms with Gasteiger partial charge in [0.05, 0.1) is 6.04 Å². The summed E-state index contributed by atoms with van der Waals surface area (Å²) in [5.41, 5.74) is 6.53. The van der Waals surface area contributed by atoms with Gasteiger partial charge < -0.3 is 4.90 Å². The second-order valence-corrected chi connectivity index (χ2v) is 5.84. The van der Waals surface area contributed by atoms with Crippen molar-refractivity contribution in [3.63, 3.8) is 0 Å². The zero-order valence-corrected chi connectivity index (χ0v) is 12.9. The lowest BCUT2D eigenvalue weighted by Gasteiger charge is -2.29. The maximum Gasteiger partial charge on any atom is 0.0721 e. The number of nitrogens with zero attached hydrogens (tertiary/aromatic N) is 1. The average Bonchev–Trinajstić information content (AvgIpc) is 2.47. The number of likely N-dealkylation sites (N-methyl/N-ethyl adjacent to an activating group) is 1. The van der Waals surface area contributed by atoms with E-state index in [1.54, 1.807) is 0 Å². The molecule has 1 nitrogen and oxygen atoms in total. The van der Waals surface area contributed by atoms with Gasteiger partial charge >= 0.3 is 0 Å². The Morgan fingerprint density at radius 1 is 0.905 bits per heavy atom. The van der Waals surface area contributed by atoms with Gasteiger partial charge in [0.2, 0.25) is 0 Å². The molecule has 0 amide bonds. The van der Waals surface area contributed by atoms with Crippen molar-refractivity contribution in [1.82, 2.24) is 4.90 Å². The first kappa shape index (κ1) is 13.7. The normalized spacial score (nSPS) is 17.8. The SMILES string of the molecule is Cc1cc(C)cc(C2C=CC(c3ccccc3)=CN2C)c1. The number of hydrogen-bond donors (Lipinski definition) is 0. The van der Waals surface area contributed by atoms with Gasteiger partial charge in [-0.1, -0.05) is 71.8 Å². The fourth-order valence-corrected chi connectivity index (χ4v) is 3.00. The summed E-state index contributed by atoms with van der Waals surface area (Å²) in [7, 11) is 2.15. The molecular weight excluding hydrogens is 254 g/mol. The zero-order chi connectivity index (χ0) is 14.8. The molecule has 3 rings (SSSR count). The van der Waals surface area contributed by atoms with Crippen LogP contribution in [0.4, 0.5) is 0 Å². The van der Waals surface area contributed by atoms with Crippen LogP contribution in [0.1, 0.15) is 28.3 Å². The molecule has 21 heavy (non-hydrogen) atoms. The number of rotatable bonds is 2. The summed E-state index contributed by atoms with van der Waals surface area (Å²) in [6.07, 6.45) is 6.76. The van der Waals surface area contributed by atoms with Gasteiger partial charge in [-0.2, -0.15) is 0 Å². The van der Waals surface area contributed by atoms with E-state index in [1.807, 2.05) is 0 Å². The highest BCUT2D eigenvalue weighted by Gasteiger charge is 2.16. The monoisotopic (exact) mass is 275 g/mol. The van der Waals surface area contributed by atoms with E-state index in [0.717, 1.165) is 0 Å². The molecule has 106 valence electrons. The van der Waals surface area contributed by atoms with Gasteiger partial charge in [-0.25, -0.2) is 0 Å². The molecule has 0 N–H and O–H groups in total. The summed E-state index contributed by atoms with van der Waals surface area (Å²) in [6, 6.07) is 17.6. The number of benzene rings is 2. The number of aryl methyl sites for hydroxylation is 2. The van der Waals surface area contributed by atoms with Gasteiger partial charge in [0.15, 0.2) is 0 Å². The fraction of sp³-hybridized carbons (Fsp3) is 0.200. The van der Waals surface area contributed by atoms with Gasteiger partial charge in [0.25, 0.3) is 0 Å². The van der Waals surface area contributed by atoms with E-state index in [1.165, 1.54) is 27.8 Å². The predicted octanol–water partition coefficient (Wildman–Crippen LogP) is 4.89. The number of allylic oxidation sites excluding steroid dienone is 2. The van der Waals surface area contributed by atoms with Gasteiger partial charge in [-0.15, -0.1) is 0 Å². The lowest BCUT2D eigenvalue weighted by atomic mass is 9.96. The Labute approximate surface area is 127 Å². The molecule has 2 aromatic carbocycles. The van der Waals surface area contributed by atoms with Crippen LogP contribution >= 0.6 is 0 Å². The lowest BCUT2D eigenvalue weighted by Crippen LogP contribution is -2.20. The zero-order valence-electron chi connectivity index (χ0n) is 12.9. The highest BCUT2D eigenvalue weighted by Crippen LogP contribution is 2.30. The maximum absolute atomic E-state index is 2.29.